The summed E-state index contributed by atoms with van der Waals surface area (Å²) < 4.78 is 14.8. The lowest BCUT2D eigenvalue weighted by Crippen LogP contribution is -2.46. The molecule has 0 radical (unpaired) electrons. The molecule has 2 aromatic heterocycles. The van der Waals surface area contributed by atoms with Gasteiger partial charge in [0.05, 0.1) is 9.30 Å². The second-order valence-corrected chi connectivity index (χ2v) is 8.38. The fourth-order valence-electron chi connectivity index (χ4n) is 3.04. The number of thiophene rings is 1. The molecule has 0 N–H and O–H groups in total. The summed E-state index contributed by atoms with van der Waals surface area (Å²) >= 11 is 5.29. The highest BCUT2D eigenvalue weighted by atomic mass is 79.9. The molecule has 4 rings (SSSR count). The number of rotatable bonds is 3. The number of aromatic nitrogens is 2. The maximum Gasteiger partial charge on any atom is 0.140 e. The molecule has 1 saturated heterocycles. The number of halogens is 2. The summed E-state index contributed by atoms with van der Waals surface area (Å²) in [6, 6.07) is 8.94. The van der Waals surface area contributed by atoms with Crippen LogP contribution in [0.5, 0.6) is 0 Å². The van der Waals surface area contributed by atoms with Crippen molar-refractivity contribution in [1.29, 1.82) is 0 Å². The van der Waals surface area contributed by atoms with Crippen LogP contribution < -0.4 is 4.90 Å². The highest BCUT2D eigenvalue weighted by Gasteiger charge is 2.20. The zero-order valence-electron chi connectivity index (χ0n) is 13.0. The smallest absolute Gasteiger partial charge is 0.140 e. The number of piperazine rings is 1. The summed E-state index contributed by atoms with van der Waals surface area (Å²) in [5.74, 6) is 0.582. The van der Waals surface area contributed by atoms with Crippen LogP contribution in [0.3, 0.4) is 0 Å². The van der Waals surface area contributed by atoms with Crippen molar-refractivity contribution < 1.29 is 4.39 Å². The van der Waals surface area contributed by atoms with Crippen LogP contribution in [0.1, 0.15) is 4.88 Å². The number of anilines is 1. The molecule has 4 nitrogen and oxygen atoms in total. The van der Waals surface area contributed by atoms with Crippen LogP contribution in [-0.4, -0.2) is 41.0 Å². The second-order valence-electron chi connectivity index (χ2n) is 5.83. The molecule has 0 aliphatic carbocycles. The van der Waals surface area contributed by atoms with Crippen molar-refractivity contribution in [2.45, 2.75) is 6.54 Å². The zero-order valence-corrected chi connectivity index (χ0v) is 15.4. The monoisotopic (exact) mass is 406 g/mol. The Kier molecular flexibility index (Phi) is 4.47. The Morgan fingerprint density at radius 1 is 1.08 bits per heavy atom. The van der Waals surface area contributed by atoms with Gasteiger partial charge >= 0.3 is 0 Å². The third-order valence-corrected chi connectivity index (χ3v) is 5.86. The molecule has 1 aliphatic rings. The molecule has 7 heteroatoms. The lowest BCUT2D eigenvalue weighted by molar-refractivity contribution is 0.251. The molecule has 1 fully saturated rings. The third kappa shape index (κ3) is 3.29. The average molecular weight is 407 g/mol. The molecule has 1 aliphatic heterocycles. The number of fused-ring (bicyclic) bond motifs is 1. The minimum absolute atomic E-state index is 0.250. The number of benzene rings is 1. The van der Waals surface area contributed by atoms with Gasteiger partial charge in [-0.2, -0.15) is 0 Å². The summed E-state index contributed by atoms with van der Waals surface area (Å²) in [5, 5.41) is 0.785. The van der Waals surface area contributed by atoms with Crippen molar-refractivity contribution in [3.63, 3.8) is 0 Å². The van der Waals surface area contributed by atoms with Crippen molar-refractivity contribution >= 4 is 44.0 Å². The molecule has 0 bridgehead atoms. The van der Waals surface area contributed by atoms with E-state index in [0.717, 1.165) is 49.4 Å². The van der Waals surface area contributed by atoms with Crippen LogP contribution in [0.4, 0.5) is 10.2 Å². The van der Waals surface area contributed by atoms with Gasteiger partial charge in [0.2, 0.25) is 0 Å². The van der Waals surface area contributed by atoms with Crippen molar-refractivity contribution in [2.24, 2.45) is 0 Å². The van der Waals surface area contributed by atoms with Crippen LogP contribution in [0.25, 0.3) is 10.9 Å². The van der Waals surface area contributed by atoms with Gasteiger partial charge in [-0.05, 0) is 46.3 Å². The molecular formula is C17H16BrFN4S. The van der Waals surface area contributed by atoms with Gasteiger partial charge in [-0.1, -0.05) is 0 Å². The van der Waals surface area contributed by atoms with E-state index in [2.05, 4.69) is 47.8 Å². The van der Waals surface area contributed by atoms with Gasteiger partial charge < -0.3 is 4.90 Å². The minimum atomic E-state index is -0.250. The van der Waals surface area contributed by atoms with E-state index in [1.807, 2.05) is 0 Å². The standard InChI is InChI=1S/C17H16BrFN4S/c18-16-4-2-13(24-16)10-22-5-7-23(8-6-22)17-14-9-12(19)1-3-15(14)20-11-21-17/h1-4,9,11H,5-8,10H2. The predicted molar refractivity (Wildman–Crippen MR) is 99.0 cm³/mol. The first-order valence-electron chi connectivity index (χ1n) is 7.81. The summed E-state index contributed by atoms with van der Waals surface area (Å²) in [6.45, 7) is 4.68. The second kappa shape index (κ2) is 6.74. The summed E-state index contributed by atoms with van der Waals surface area (Å²) in [7, 11) is 0. The van der Waals surface area contributed by atoms with E-state index in [4.69, 9.17) is 0 Å². The first-order valence-corrected chi connectivity index (χ1v) is 9.42. The van der Waals surface area contributed by atoms with Crippen LogP contribution >= 0.6 is 27.3 Å². The van der Waals surface area contributed by atoms with Crippen LogP contribution in [0.2, 0.25) is 0 Å². The topological polar surface area (TPSA) is 32.3 Å². The Labute approximate surface area is 152 Å². The summed E-state index contributed by atoms with van der Waals surface area (Å²) in [4.78, 5) is 14.7. The fraction of sp³-hybridized carbons (Fsp3) is 0.294. The highest BCUT2D eigenvalue weighted by molar-refractivity contribution is 9.11. The van der Waals surface area contributed by atoms with E-state index < -0.39 is 0 Å². The first-order chi connectivity index (χ1) is 11.7. The van der Waals surface area contributed by atoms with Crippen LogP contribution in [0, 0.1) is 5.82 Å². The molecule has 0 unspecified atom stereocenters. The van der Waals surface area contributed by atoms with Gasteiger partial charge in [-0.15, -0.1) is 11.3 Å². The minimum Gasteiger partial charge on any atom is -0.353 e. The van der Waals surface area contributed by atoms with E-state index in [-0.39, 0.29) is 5.82 Å². The van der Waals surface area contributed by atoms with Gasteiger partial charge in [0, 0.05) is 43.0 Å². The van der Waals surface area contributed by atoms with Crippen molar-refractivity contribution in [3.8, 4) is 0 Å². The molecule has 1 aromatic carbocycles. The van der Waals surface area contributed by atoms with E-state index in [1.165, 1.54) is 20.8 Å². The Morgan fingerprint density at radius 2 is 1.92 bits per heavy atom. The SMILES string of the molecule is Fc1ccc2ncnc(N3CCN(Cc4ccc(Br)s4)CC3)c2c1. The van der Waals surface area contributed by atoms with E-state index >= 15 is 0 Å². The predicted octanol–water partition coefficient (Wildman–Crippen LogP) is 3.92. The fourth-order valence-corrected chi connectivity index (χ4v) is 4.57. The maximum absolute atomic E-state index is 13.6. The maximum atomic E-state index is 13.6. The van der Waals surface area contributed by atoms with Gasteiger partial charge in [0.25, 0.3) is 0 Å². The van der Waals surface area contributed by atoms with Gasteiger partial charge in [0.1, 0.15) is 18.0 Å². The number of hydrogen-bond acceptors (Lipinski definition) is 5. The van der Waals surface area contributed by atoms with E-state index in [0.29, 0.717) is 0 Å². The molecule has 0 atom stereocenters. The third-order valence-electron chi connectivity index (χ3n) is 4.26. The number of nitrogens with zero attached hydrogens (tertiary/aromatic N) is 4. The normalized spacial score (nSPS) is 16.0. The van der Waals surface area contributed by atoms with Crippen molar-refractivity contribution in [2.75, 3.05) is 31.1 Å². The molecule has 124 valence electrons. The molecule has 0 amide bonds. The molecule has 24 heavy (non-hydrogen) atoms. The van der Waals surface area contributed by atoms with Gasteiger partial charge in [0.15, 0.2) is 0 Å². The largest absolute Gasteiger partial charge is 0.353 e. The zero-order chi connectivity index (χ0) is 16.5. The quantitative estimate of drug-likeness (QED) is 0.659. The Balaban J connectivity index is 1.49. The summed E-state index contributed by atoms with van der Waals surface area (Å²) in [6.07, 6.45) is 1.56. The van der Waals surface area contributed by atoms with Crippen molar-refractivity contribution in [1.82, 2.24) is 14.9 Å². The molecule has 0 saturated carbocycles. The van der Waals surface area contributed by atoms with Gasteiger partial charge in [-0.3, -0.25) is 4.90 Å². The van der Waals surface area contributed by atoms with Crippen LogP contribution in [0.15, 0.2) is 40.4 Å². The Hall–Kier alpha value is -1.57. The lowest BCUT2D eigenvalue weighted by atomic mass is 10.2. The molecule has 3 heterocycles. The first kappa shape index (κ1) is 15.9. The average Bonchev–Trinajstić information content (AvgIpc) is 3.00. The molecule has 0 spiro atoms. The molecular weight excluding hydrogens is 391 g/mol. The van der Waals surface area contributed by atoms with E-state index in [9.17, 15) is 4.39 Å². The van der Waals surface area contributed by atoms with Crippen molar-refractivity contribution in [3.05, 3.63) is 51.1 Å². The Morgan fingerprint density at radius 3 is 2.67 bits per heavy atom. The lowest BCUT2D eigenvalue weighted by Gasteiger charge is -2.35. The highest BCUT2D eigenvalue weighted by Crippen LogP contribution is 2.26. The molecule has 3 aromatic rings. The number of hydrogen-bond donors (Lipinski definition) is 0. The van der Waals surface area contributed by atoms with Gasteiger partial charge in [-0.25, -0.2) is 14.4 Å². The summed E-state index contributed by atoms with van der Waals surface area (Å²) in [5.41, 5.74) is 0.785. The van der Waals surface area contributed by atoms with Crippen LogP contribution in [-0.2, 0) is 6.54 Å². The Bertz CT molecular complexity index is 861. The van der Waals surface area contributed by atoms with E-state index in [1.54, 1.807) is 23.7 Å².